The molecule has 2 nitrogen and oxygen atoms in total. The zero-order valence-electron chi connectivity index (χ0n) is 15.2. The minimum atomic E-state index is -1.67. The van der Waals surface area contributed by atoms with Crippen LogP contribution < -0.4 is 0 Å². The van der Waals surface area contributed by atoms with Crippen LogP contribution in [0.4, 0.5) is 0 Å². The smallest absolute Gasteiger partial charge is 0.191 e. The molecule has 1 fully saturated rings. The van der Waals surface area contributed by atoms with Crippen LogP contribution in [0.2, 0.25) is 18.1 Å². The fraction of sp³-hybridized carbons (Fsp3) is 0.789. The molecule has 3 heteroatoms. The highest BCUT2D eigenvalue weighted by atomic mass is 28.4. The second-order valence-corrected chi connectivity index (χ2v) is 13.6. The summed E-state index contributed by atoms with van der Waals surface area (Å²) in [5, 5.41) is 0.281. The van der Waals surface area contributed by atoms with E-state index in [4.69, 9.17) is 9.16 Å². The van der Waals surface area contributed by atoms with Crippen LogP contribution >= 0.6 is 0 Å². The van der Waals surface area contributed by atoms with Crippen molar-refractivity contribution in [2.45, 2.75) is 83.7 Å². The first-order valence-electron chi connectivity index (χ1n) is 8.88. The molecule has 2 heterocycles. The van der Waals surface area contributed by atoms with Crippen LogP contribution in [-0.4, -0.2) is 27.1 Å². The molecule has 1 saturated heterocycles. The van der Waals surface area contributed by atoms with Crippen molar-refractivity contribution in [2.75, 3.05) is 6.61 Å². The van der Waals surface area contributed by atoms with Gasteiger partial charge in [0.15, 0.2) is 8.32 Å². The molecule has 0 amide bonds. The van der Waals surface area contributed by atoms with E-state index in [0.29, 0.717) is 18.1 Å². The van der Waals surface area contributed by atoms with Crippen molar-refractivity contribution >= 4 is 8.32 Å². The first-order valence-corrected chi connectivity index (χ1v) is 11.8. The fourth-order valence-corrected chi connectivity index (χ4v) is 4.85. The van der Waals surface area contributed by atoms with Gasteiger partial charge in [0.2, 0.25) is 0 Å². The molecule has 2 bridgehead atoms. The van der Waals surface area contributed by atoms with Crippen molar-refractivity contribution in [3.8, 4) is 0 Å². The maximum atomic E-state index is 6.53. The summed E-state index contributed by atoms with van der Waals surface area (Å²) in [6.07, 6.45) is 7.87. The Balaban J connectivity index is 1.74. The lowest BCUT2D eigenvalue weighted by Gasteiger charge is -2.38. The molecule has 124 valence electrons. The van der Waals surface area contributed by atoms with Crippen molar-refractivity contribution in [1.29, 1.82) is 0 Å². The molecule has 2 aliphatic heterocycles. The van der Waals surface area contributed by atoms with Gasteiger partial charge in [-0.15, -0.1) is 0 Å². The third-order valence-corrected chi connectivity index (χ3v) is 10.9. The van der Waals surface area contributed by atoms with Crippen molar-refractivity contribution in [3.05, 3.63) is 22.8 Å². The van der Waals surface area contributed by atoms with Gasteiger partial charge < -0.3 is 9.16 Å². The van der Waals surface area contributed by atoms with Crippen LogP contribution in [0, 0.1) is 5.92 Å². The molecule has 22 heavy (non-hydrogen) atoms. The Morgan fingerprint density at radius 2 is 2.00 bits per heavy atom. The molecular formula is C19H32O2Si. The second-order valence-electron chi connectivity index (χ2n) is 8.83. The lowest BCUT2D eigenvalue weighted by Crippen LogP contribution is -2.43. The average Bonchev–Trinajstić information content (AvgIpc) is 2.66. The van der Waals surface area contributed by atoms with Gasteiger partial charge in [-0.3, -0.25) is 0 Å². The standard InChI is InChI=1S/C19H32O2Si/c1-13-16-9-7-8-14-10-11-15(17(13)21-18(14)16)12-20-22(5,6)19(2,3)4/h8,15,17-18H,7,9-12H2,1-6H3/t15-,17-,18+/m1/s1. The quantitative estimate of drug-likeness (QED) is 0.524. The Kier molecular flexibility index (Phi) is 4.20. The molecule has 3 aliphatic rings. The van der Waals surface area contributed by atoms with Crippen molar-refractivity contribution < 1.29 is 9.16 Å². The zero-order valence-corrected chi connectivity index (χ0v) is 16.2. The Morgan fingerprint density at radius 3 is 2.68 bits per heavy atom. The first kappa shape index (κ1) is 16.5. The molecule has 0 aromatic carbocycles. The minimum absolute atomic E-state index is 0.281. The van der Waals surface area contributed by atoms with Gasteiger partial charge in [0.05, 0.1) is 6.10 Å². The number of ether oxygens (including phenoxy) is 1. The van der Waals surface area contributed by atoms with Crippen LogP contribution in [0.25, 0.3) is 0 Å². The fourth-order valence-electron chi connectivity index (χ4n) is 3.78. The van der Waals surface area contributed by atoms with E-state index in [0.717, 1.165) is 6.61 Å². The van der Waals surface area contributed by atoms with Crippen LogP contribution in [0.3, 0.4) is 0 Å². The second kappa shape index (κ2) is 5.61. The molecule has 0 aromatic rings. The summed E-state index contributed by atoms with van der Waals surface area (Å²) < 4.78 is 13.0. The maximum absolute atomic E-state index is 6.53. The largest absolute Gasteiger partial charge is 0.416 e. The maximum Gasteiger partial charge on any atom is 0.191 e. The third-order valence-electron chi connectivity index (χ3n) is 6.39. The number of fused-ring (bicyclic) bond motifs is 1. The molecule has 0 spiro atoms. The van der Waals surface area contributed by atoms with E-state index in [2.05, 4.69) is 46.9 Å². The van der Waals surface area contributed by atoms with Crippen molar-refractivity contribution in [1.82, 2.24) is 0 Å². The summed E-state index contributed by atoms with van der Waals surface area (Å²) in [5.74, 6) is 0.526. The highest BCUT2D eigenvalue weighted by Crippen LogP contribution is 2.46. The molecule has 3 atom stereocenters. The van der Waals surface area contributed by atoms with Gasteiger partial charge in [-0.25, -0.2) is 0 Å². The van der Waals surface area contributed by atoms with E-state index in [1.165, 1.54) is 36.8 Å². The van der Waals surface area contributed by atoms with E-state index in [-0.39, 0.29) is 5.04 Å². The monoisotopic (exact) mass is 320 g/mol. The SMILES string of the molecule is CC1=C2CCC=C3CC[C@H](CO[Si](C)(C)C(C)(C)C)[C@@H]1O[C@@H]32. The van der Waals surface area contributed by atoms with E-state index in [9.17, 15) is 0 Å². The third kappa shape index (κ3) is 2.76. The lowest BCUT2D eigenvalue weighted by molar-refractivity contribution is 0.0258. The summed E-state index contributed by atoms with van der Waals surface area (Å²) in [4.78, 5) is 0. The molecule has 0 N–H and O–H groups in total. The van der Waals surface area contributed by atoms with E-state index in [1.807, 2.05) is 0 Å². The first-order chi connectivity index (χ1) is 10.2. The number of rotatable bonds is 3. The lowest BCUT2D eigenvalue weighted by atomic mass is 9.81. The number of hydrogen-bond donors (Lipinski definition) is 0. The number of hydrogen-bond acceptors (Lipinski definition) is 2. The molecule has 3 rings (SSSR count). The highest BCUT2D eigenvalue weighted by Gasteiger charge is 2.43. The Labute approximate surface area is 137 Å². The predicted octanol–water partition coefficient (Wildman–Crippen LogP) is 5.22. The zero-order chi connectivity index (χ0) is 16.1. The van der Waals surface area contributed by atoms with Crippen LogP contribution in [0.1, 0.15) is 53.4 Å². The van der Waals surface area contributed by atoms with Crippen molar-refractivity contribution in [3.63, 3.8) is 0 Å². The molecule has 1 aliphatic carbocycles. The van der Waals surface area contributed by atoms with Gasteiger partial charge in [0, 0.05) is 12.5 Å². The Hall–Kier alpha value is -0.383. The summed E-state index contributed by atoms with van der Waals surface area (Å²) >= 11 is 0. The summed E-state index contributed by atoms with van der Waals surface area (Å²) in [6.45, 7) is 14.8. The molecule has 0 unspecified atom stereocenters. The van der Waals surface area contributed by atoms with Crippen molar-refractivity contribution in [2.24, 2.45) is 5.92 Å². The van der Waals surface area contributed by atoms with E-state index >= 15 is 0 Å². The predicted molar refractivity (Wildman–Crippen MR) is 94.6 cm³/mol. The van der Waals surface area contributed by atoms with Crippen LogP contribution in [0.5, 0.6) is 0 Å². The van der Waals surface area contributed by atoms with Gasteiger partial charge in [-0.1, -0.05) is 26.8 Å². The normalized spacial score (nSPS) is 32.1. The highest BCUT2D eigenvalue weighted by molar-refractivity contribution is 6.74. The van der Waals surface area contributed by atoms with Gasteiger partial charge in [0.25, 0.3) is 0 Å². The average molecular weight is 321 g/mol. The van der Waals surface area contributed by atoms with Crippen LogP contribution in [0.15, 0.2) is 22.8 Å². The summed E-state index contributed by atoms with van der Waals surface area (Å²) in [5.41, 5.74) is 4.64. The summed E-state index contributed by atoms with van der Waals surface area (Å²) in [7, 11) is -1.67. The van der Waals surface area contributed by atoms with Crippen LogP contribution in [-0.2, 0) is 9.16 Å². The minimum Gasteiger partial charge on any atom is -0.416 e. The van der Waals surface area contributed by atoms with Gasteiger partial charge in [-0.2, -0.15) is 0 Å². The summed E-state index contributed by atoms with van der Waals surface area (Å²) in [6, 6.07) is 0. The van der Waals surface area contributed by atoms with E-state index in [1.54, 1.807) is 5.57 Å². The molecule has 0 saturated carbocycles. The van der Waals surface area contributed by atoms with Gasteiger partial charge in [0.1, 0.15) is 6.10 Å². The topological polar surface area (TPSA) is 18.5 Å². The molecule has 0 radical (unpaired) electrons. The number of allylic oxidation sites excluding steroid dienone is 1. The van der Waals surface area contributed by atoms with Gasteiger partial charge >= 0.3 is 0 Å². The van der Waals surface area contributed by atoms with E-state index < -0.39 is 8.32 Å². The van der Waals surface area contributed by atoms with Gasteiger partial charge in [-0.05, 0) is 67.5 Å². The molecular weight excluding hydrogens is 288 g/mol. The molecule has 0 aromatic heterocycles. The Morgan fingerprint density at radius 1 is 1.27 bits per heavy atom. The Bertz CT molecular complexity index is 510.